The van der Waals surface area contributed by atoms with E-state index in [1.54, 1.807) is 0 Å². The van der Waals surface area contributed by atoms with Crippen molar-refractivity contribution >= 4 is 16.5 Å². The minimum atomic E-state index is 1.04. The Hall–Kier alpha value is -1.50. The van der Waals surface area contributed by atoms with Crippen molar-refractivity contribution in [2.75, 3.05) is 7.05 Å². The summed E-state index contributed by atoms with van der Waals surface area (Å²) in [6.07, 6.45) is 0. The molecule has 0 saturated carbocycles. The van der Waals surface area contributed by atoms with Crippen molar-refractivity contribution in [1.29, 1.82) is 0 Å². The number of hydrogen-bond donors (Lipinski definition) is 0. The van der Waals surface area contributed by atoms with E-state index in [-0.39, 0.29) is 0 Å². The van der Waals surface area contributed by atoms with E-state index < -0.39 is 0 Å². The van der Waals surface area contributed by atoms with Gasteiger partial charge in [-0.05, 0) is 10.8 Å². The molecule has 0 aliphatic heterocycles. The second-order valence-electron chi connectivity index (χ2n) is 2.76. The summed E-state index contributed by atoms with van der Waals surface area (Å²) >= 11 is 0. The summed E-state index contributed by atoms with van der Waals surface area (Å²) < 4.78 is 0. The van der Waals surface area contributed by atoms with Gasteiger partial charge >= 0.3 is 0 Å². The summed E-state index contributed by atoms with van der Waals surface area (Å²) in [5.41, 5.74) is 1.04. The Morgan fingerprint density at radius 3 is 2.42 bits per heavy atom. The van der Waals surface area contributed by atoms with Crippen LogP contribution in [0.2, 0.25) is 0 Å². The molecule has 0 unspecified atom stereocenters. The van der Waals surface area contributed by atoms with Gasteiger partial charge in [0.2, 0.25) is 0 Å². The zero-order valence-electron chi connectivity index (χ0n) is 6.99. The van der Waals surface area contributed by atoms with Crippen molar-refractivity contribution in [2.24, 2.45) is 0 Å². The van der Waals surface area contributed by atoms with Gasteiger partial charge in [-0.3, -0.25) is 0 Å². The first-order valence-electron chi connectivity index (χ1n) is 3.99. The van der Waals surface area contributed by atoms with Crippen LogP contribution in [0.4, 0.5) is 5.69 Å². The molecule has 0 aromatic heterocycles. The maximum atomic E-state index is 4.12. The summed E-state index contributed by atoms with van der Waals surface area (Å²) in [6, 6.07) is 14.5. The van der Waals surface area contributed by atoms with Crippen molar-refractivity contribution in [1.82, 2.24) is 0 Å². The van der Waals surface area contributed by atoms with Crippen LogP contribution in [0.3, 0.4) is 0 Å². The second-order valence-corrected chi connectivity index (χ2v) is 2.76. The molecule has 1 nitrogen and oxygen atoms in total. The Labute approximate surface area is 72.0 Å². The number of fused-ring (bicyclic) bond motifs is 1. The van der Waals surface area contributed by atoms with Gasteiger partial charge in [0.15, 0.2) is 0 Å². The highest BCUT2D eigenvalue weighted by atomic mass is 14.8. The molecule has 0 saturated heterocycles. The molecule has 2 aromatic carbocycles. The van der Waals surface area contributed by atoms with E-state index in [4.69, 9.17) is 0 Å². The third-order valence-corrected chi connectivity index (χ3v) is 1.99. The average molecular weight is 156 g/mol. The van der Waals surface area contributed by atoms with Gasteiger partial charge in [-0.15, -0.1) is 12.7 Å². The first kappa shape index (κ1) is 7.17. The SMILES string of the molecule is C[N-]c1ccc2ccccc2c1. The predicted octanol–water partition coefficient (Wildman–Crippen LogP) is 3.47. The monoisotopic (exact) mass is 156 g/mol. The van der Waals surface area contributed by atoms with Crippen molar-refractivity contribution in [3.63, 3.8) is 0 Å². The molecule has 2 aromatic rings. The molecule has 0 radical (unpaired) electrons. The van der Waals surface area contributed by atoms with E-state index in [0.29, 0.717) is 0 Å². The number of benzene rings is 2. The third-order valence-electron chi connectivity index (χ3n) is 1.99. The zero-order valence-corrected chi connectivity index (χ0v) is 6.99. The van der Waals surface area contributed by atoms with Crippen LogP contribution in [0.1, 0.15) is 0 Å². The Kier molecular flexibility index (Phi) is 1.71. The van der Waals surface area contributed by atoms with Crippen LogP contribution >= 0.6 is 0 Å². The zero-order chi connectivity index (χ0) is 8.39. The predicted molar refractivity (Wildman–Crippen MR) is 52.9 cm³/mol. The molecule has 0 atom stereocenters. The summed E-state index contributed by atoms with van der Waals surface area (Å²) in [5.74, 6) is 0. The molecule has 0 heterocycles. The second kappa shape index (κ2) is 2.86. The largest absolute Gasteiger partial charge is 0.687 e. The first-order chi connectivity index (χ1) is 5.90. The fourth-order valence-corrected chi connectivity index (χ4v) is 1.32. The smallest absolute Gasteiger partial charge is 0.0185 e. The molecule has 2 rings (SSSR count). The van der Waals surface area contributed by atoms with Crippen LogP contribution in [0.25, 0.3) is 16.1 Å². The summed E-state index contributed by atoms with van der Waals surface area (Å²) in [5, 5.41) is 6.64. The Morgan fingerprint density at radius 1 is 0.917 bits per heavy atom. The topological polar surface area (TPSA) is 14.1 Å². The molecule has 12 heavy (non-hydrogen) atoms. The van der Waals surface area contributed by atoms with Crippen LogP contribution in [-0.2, 0) is 0 Å². The Balaban J connectivity index is 2.67. The molecule has 0 bridgehead atoms. The highest BCUT2D eigenvalue weighted by molar-refractivity contribution is 5.86. The van der Waals surface area contributed by atoms with Gasteiger partial charge in [0.05, 0.1) is 0 Å². The number of rotatable bonds is 1. The van der Waals surface area contributed by atoms with E-state index in [1.807, 2.05) is 25.2 Å². The van der Waals surface area contributed by atoms with Gasteiger partial charge in [0, 0.05) is 0 Å². The molecule has 0 aliphatic carbocycles. The van der Waals surface area contributed by atoms with Crippen molar-refractivity contribution in [3.05, 3.63) is 47.8 Å². The normalized spacial score (nSPS) is 10.1. The molecule has 0 spiro atoms. The van der Waals surface area contributed by atoms with Gasteiger partial charge < -0.3 is 5.32 Å². The van der Waals surface area contributed by atoms with E-state index in [2.05, 4.69) is 29.6 Å². The highest BCUT2D eigenvalue weighted by Crippen LogP contribution is 2.22. The highest BCUT2D eigenvalue weighted by Gasteiger charge is 1.87. The lowest BCUT2D eigenvalue weighted by Crippen LogP contribution is -1.71. The minimum absolute atomic E-state index is 1.04. The van der Waals surface area contributed by atoms with E-state index in [1.165, 1.54) is 10.8 Å². The molecule has 0 amide bonds. The van der Waals surface area contributed by atoms with Gasteiger partial charge in [0.25, 0.3) is 0 Å². The maximum Gasteiger partial charge on any atom is -0.0185 e. The average Bonchev–Trinajstić information content (AvgIpc) is 2.17. The third kappa shape index (κ3) is 1.14. The molecular weight excluding hydrogens is 146 g/mol. The van der Waals surface area contributed by atoms with Crippen LogP contribution in [0, 0.1) is 0 Å². The Bertz CT molecular complexity index is 393. The quantitative estimate of drug-likeness (QED) is 0.600. The lowest BCUT2D eigenvalue weighted by Gasteiger charge is -2.13. The minimum Gasteiger partial charge on any atom is -0.687 e. The molecule has 0 N–H and O–H groups in total. The van der Waals surface area contributed by atoms with E-state index in [0.717, 1.165) is 5.69 Å². The summed E-state index contributed by atoms with van der Waals surface area (Å²) in [4.78, 5) is 0. The number of hydrogen-bond acceptors (Lipinski definition) is 0. The van der Waals surface area contributed by atoms with Gasteiger partial charge in [-0.25, -0.2) is 0 Å². The molecular formula is C11H10N-. The van der Waals surface area contributed by atoms with Crippen LogP contribution < -0.4 is 0 Å². The summed E-state index contributed by atoms with van der Waals surface area (Å²) in [7, 11) is 1.81. The lowest BCUT2D eigenvalue weighted by molar-refractivity contribution is 1.65. The molecule has 0 fully saturated rings. The fourth-order valence-electron chi connectivity index (χ4n) is 1.32. The van der Waals surface area contributed by atoms with E-state index in [9.17, 15) is 0 Å². The van der Waals surface area contributed by atoms with E-state index >= 15 is 0 Å². The van der Waals surface area contributed by atoms with Crippen LogP contribution in [0.5, 0.6) is 0 Å². The molecule has 1 heteroatoms. The summed E-state index contributed by atoms with van der Waals surface area (Å²) in [6.45, 7) is 0. The van der Waals surface area contributed by atoms with Crippen molar-refractivity contribution in [3.8, 4) is 0 Å². The number of nitrogens with zero attached hydrogens (tertiary/aromatic N) is 1. The van der Waals surface area contributed by atoms with Gasteiger partial charge in [-0.2, -0.15) is 0 Å². The van der Waals surface area contributed by atoms with Gasteiger partial charge in [-0.1, -0.05) is 42.5 Å². The van der Waals surface area contributed by atoms with Crippen molar-refractivity contribution < 1.29 is 0 Å². The molecule has 60 valence electrons. The van der Waals surface area contributed by atoms with Crippen molar-refractivity contribution in [2.45, 2.75) is 0 Å². The Morgan fingerprint density at radius 2 is 1.67 bits per heavy atom. The lowest BCUT2D eigenvalue weighted by atomic mass is 10.1. The standard InChI is InChI=1S/C11H10N/c1-12-11-7-6-9-4-2-3-5-10(9)8-11/h2-8H,1H3/q-1. The fraction of sp³-hybridized carbons (Fsp3) is 0.0909. The van der Waals surface area contributed by atoms with Gasteiger partial charge in [0.1, 0.15) is 0 Å². The first-order valence-corrected chi connectivity index (χ1v) is 3.99. The van der Waals surface area contributed by atoms with Crippen LogP contribution in [0.15, 0.2) is 42.5 Å². The van der Waals surface area contributed by atoms with Crippen LogP contribution in [-0.4, -0.2) is 7.05 Å². The maximum absolute atomic E-state index is 4.12. The molecule has 0 aliphatic rings.